The van der Waals surface area contributed by atoms with Crippen LogP contribution in [-0.4, -0.2) is 23.1 Å². The van der Waals surface area contributed by atoms with Gasteiger partial charge in [-0.15, -0.1) is 0 Å². The number of nitrogens with one attached hydrogen (secondary N) is 1. The molecular formula is C13H20BrN3O. The molecule has 1 N–H and O–H groups in total. The summed E-state index contributed by atoms with van der Waals surface area (Å²) < 4.78 is 5.96. The van der Waals surface area contributed by atoms with Gasteiger partial charge < -0.3 is 10.1 Å². The van der Waals surface area contributed by atoms with Crippen molar-refractivity contribution in [3.8, 4) is 5.88 Å². The third-order valence-electron chi connectivity index (χ3n) is 3.44. The van der Waals surface area contributed by atoms with Crippen LogP contribution in [0.4, 0.5) is 5.95 Å². The van der Waals surface area contributed by atoms with Crippen molar-refractivity contribution in [2.45, 2.75) is 45.6 Å². The summed E-state index contributed by atoms with van der Waals surface area (Å²) in [7, 11) is 1.61. The molecule has 0 amide bonds. The van der Waals surface area contributed by atoms with E-state index in [9.17, 15) is 0 Å². The van der Waals surface area contributed by atoms with Crippen molar-refractivity contribution in [1.82, 2.24) is 9.97 Å². The van der Waals surface area contributed by atoms with Crippen LogP contribution < -0.4 is 10.1 Å². The summed E-state index contributed by atoms with van der Waals surface area (Å²) in [6.45, 7) is 4.65. The van der Waals surface area contributed by atoms with E-state index in [1.165, 1.54) is 19.3 Å². The van der Waals surface area contributed by atoms with Crippen molar-refractivity contribution in [1.29, 1.82) is 0 Å². The molecule has 1 aromatic heterocycles. The average Bonchev–Trinajstić information content (AvgIpc) is 2.30. The van der Waals surface area contributed by atoms with Crippen molar-refractivity contribution < 1.29 is 4.74 Å². The zero-order valence-corrected chi connectivity index (χ0v) is 12.7. The molecule has 1 aromatic rings. The number of halogens is 1. The molecule has 100 valence electrons. The first kappa shape index (κ1) is 13.6. The van der Waals surface area contributed by atoms with Crippen LogP contribution in [0, 0.1) is 5.41 Å². The molecule has 5 heteroatoms. The maximum Gasteiger partial charge on any atom is 0.232 e. The number of hydrogen-bond acceptors (Lipinski definition) is 4. The second-order valence-corrected chi connectivity index (χ2v) is 6.51. The Kier molecular flexibility index (Phi) is 4.10. The number of rotatable bonds is 3. The molecular weight excluding hydrogens is 294 g/mol. The molecule has 0 saturated heterocycles. The molecule has 0 aliphatic heterocycles. The highest BCUT2D eigenvalue weighted by Crippen LogP contribution is 2.36. The Labute approximate surface area is 117 Å². The van der Waals surface area contributed by atoms with Gasteiger partial charge in [-0.25, -0.2) is 4.98 Å². The molecule has 1 aliphatic carbocycles. The van der Waals surface area contributed by atoms with E-state index in [1.807, 2.05) is 0 Å². The average molecular weight is 314 g/mol. The molecule has 0 aromatic carbocycles. The predicted octanol–water partition coefficient (Wildman–Crippen LogP) is 3.63. The van der Waals surface area contributed by atoms with Gasteiger partial charge in [0.05, 0.1) is 17.8 Å². The molecule has 1 saturated carbocycles. The lowest BCUT2D eigenvalue weighted by molar-refractivity contribution is 0.229. The Hall–Kier alpha value is -0.840. The summed E-state index contributed by atoms with van der Waals surface area (Å²) in [4.78, 5) is 8.62. The maximum atomic E-state index is 5.18. The van der Waals surface area contributed by atoms with Gasteiger partial charge >= 0.3 is 0 Å². The summed E-state index contributed by atoms with van der Waals surface area (Å²) >= 11 is 3.36. The zero-order valence-electron chi connectivity index (χ0n) is 11.2. The topological polar surface area (TPSA) is 47.0 Å². The quantitative estimate of drug-likeness (QED) is 0.925. The van der Waals surface area contributed by atoms with Crippen LogP contribution in [0.3, 0.4) is 0 Å². The molecule has 0 spiro atoms. The molecule has 1 atom stereocenters. The highest BCUT2D eigenvalue weighted by Gasteiger charge is 2.28. The lowest BCUT2D eigenvalue weighted by Crippen LogP contribution is -2.32. The van der Waals surface area contributed by atoms with Crippen molar-refractivity contribution in [2.75, 3.05) is 12.4 Å². The smallest absolute Gasteiger partial charge is 0.232 e. The predicted molar refractivity (Wildman–Crippen MR) is 75.9 cm³/mol. The van der Waals surface area contributed by atoms with E-state index in [0.717, 1.165) is 10.9 Å². The van der Waals surface area contributed by atoms with E-state index in [-0.39, 0.29) is 0 Å². The molecule has 0 radical (unpaired) electrons. The SMILES string of the molecule is COc1nc(NC2CCCC(C)(C)C2)ncc1Br. The van der Waals surface area contributed by atoms with E-state index >= 15 is 0 Å². The molecule has 1 heterocycles. The monoisotopic (exact) mass is 313 g/mol. The summed E-state index contributed by atoms with van der Waals surface area (Å²) in [5, 5.41) is 3.42. The molecule has 4 nitrogen and oxygen atoms in total. The van der Waals surface area contributed by atoms with Crippen LogP contribution in [0.5, 0.6) is 5.88 Å². The van der Waals surface area contributed by atoms with Gasteiger partial charge in [0.2, 0.25) is 11.8 Å². The molecule has 1 fully saturated rings. The van der Waals surface area contributed by atoms with Crippen LogP contribution in [0.25, 0.3) is 0 Å². The number of ether oxygens (including phenoxy) is 1. The van der Waals surface area contributed by atoms with Gasteiger partial charge in [-0.05, 0) is 40.6 Å². The molecule has 1 aliphatic rings. The van der Waals surface area contributed by atoms with E-state index in [4.69, 9.17) is 4.74 Å². The zero-order chi connectivity index (χ0) is 13.2. The van der Waals surface area contributed by atoms with Crippen LogP contribution in [0.2, 0.25) is 0 Å². The van der Waals surface area contributed by atoms with Crippen LogP contribution in [0.15, 0.2) is 10.7 Å². The van der Waals surface area contributed by atoms with E-state index in [2.05, 4.69) is 45.1 Å². The Morgan fingerprint density at radius 3 is 2.94 bits per heavy atom. The van der Waals surface area contributed by atoms with Gasteiger partial charge in [0.1, 0.15) is 0 Å². The van der Waals surface area contributed by atoms with Crippen LogP contribution >= 0.6 is 15.9 Å². The van der Waals surface area contributed by atoms with Gasteiger partial charge in [-0.3, -0.25) is 0 Å². The van der Waals surface area contributed by atoms with E-state index in [0.29, 0.717) is 23.3 Å². The fourth-order valence-electron chi connectivity index (χ4n) is 2.57. The van der Waals surface area contributed by atoms with Crippen LogP contribution in [-0.2, 0) is 0 Å². The number of methoxy groups -OCH3 is 1. The highest BCUT2D eigenvalue weighted by molar-refractivity contribution is 9.10. The Bertz CT molecular complexity index is 423. The lowest BCUT2D eigenvalue weighted by Gasteiger charge is -2.35. The van der Waals surface area contributed by atoms with Crippen LogP contribution in [0.1, 0.15) is 39.5 Å². The third-order valence-corrected chi connectivity index (χ3v) is 3.99. The lowest BCUT2D eigenvalue weighted by atomic mass is 9.75. The first-order chi connectivity index (χ1) is 8.50. The second kappa shape index (κ2) is 5.43. The largest absolute Gasteiger partial charge is 0.480 e. The van der Waals surface area contributed by atoms with Gasteiger partial charge in [-0.2, -0.15) is 4.98 Å². The van der Waals surface area contributed by atoms with E-state index in [1.54, 1.807) is 13.3 Å². The number of aromatic nitrogens is 2. The normalized spacial score (nSPS) is 22.6. The minimum atomic E-state index is 0.412. The molecule has 1 unspecified atom stereocenters. The van der Waals surface area contributed by atoms with Crippen molar-refractivity contribution in [3.63, 3.8) is 0 Å². The fourth-order valence-corrected chi connectivity index (χ4v) is 2.92. The summed E-state index contributed by atoms with van der Waals surface area (Å²) in [5.74, 6) is 1.22. The fraction of sp³-hybridized carbons (Fsp3) is 0.692. The minimum Gasteiger partial charge on any atom is -0.480 e. The summed E-state index contributed by atoms with van der Waals surface area (Å²) in [5.41, 5.74) is 0.412. The van der Waals surface area contributed by atoms with Crippen molar-refractivity contribution in [2.24, 2.45) is 5.41 Å². The van der Waals surface area contributed by atoms with Gasteiger partial charge in [0.25, 0.3) is 0 Å². The molecule has 18 heavy (non-hydrogen) atoms. The van der Waals surface area contributed by atoms with Gasteiger partial charge in [0.15, 0.2) is 0 Å². The number of anilines is 1. The minimum absolute atomic E-state index is 0.412. The Balaban J connectivity index is 2.05. The maximum absolute atomic E-state index is 5.18. The molecule has 2 rings (SSSR count). The van der Waals surface area contributed by atoms with Crippen molar-refractivity contribution >= 4 is 21.9 Å². The van der Waals surface area contributed by atoms with Crippen molar-refractivity contribution in [3.05, 3.63) is 10.7 Å². The van der Waals surface area contributed by atoms with Gasteiger partial charge in [-0.1, -0.05) is 20.3 Å². The highest BCUT2D eigenvalue weighted by atomic mass is 79.9. The summed E-state index contributed by atoms with van der Waals surface area (Å²) in [6.07, 6.45) is 6.63. The van der Waals surface area contributed by atoms with Gasteiger partial charge in [0, 0.05) is 6.04 Å². The first-order valence-electron chi connectivity index (χ1n) is 6.33. The number of nitrogens with zero attached hydrogens (tertiary/aromatic N) is 2. The standard InChI is InChI=1S/C13H20BrN3O/c1-13(2)6-4-5-9(7-13)16-12-15-8-10(14)11(17-12)18-3/h8-9H,4-7H2,1-3H3,(H,15,16,17). The van der Waals surface area contributed by atoms with E-state index < -0.39 is 0 Å². The Morgan fingerprint density at radius 1 is 1.50 bits per heavy atom. The number of hydrogen-bond donors (Lipinski definition) is 1. The first-order valence-corrected chi connectivity index (χ1v) is 7.12. The molecule has 0 bridgehead atoms. The summed E-state index contributed by atoms with van der Waals surface area (Å²) in [6, 6.07) is 0.458. The third kappa shape index (κ3) is 3.34. The second-order valence-electron chi connectivity index (χ2n) is 5.65. The Morgan fingerprint density at radius 2 is 2.28 bits per heavy atom.